The first-order valence-electron chi connectivity index (χ1n) is 7.86. The van der Waals surface area contributed by atoms with Crippen molar-refractivity contribution in [2.45, 2.75) is 13.0 Å². The molecular weight excluding hydrogens is 360 g/mol. The quantitative estimate of drug-likeness (QED) is 0.748. The van der Waals surface area contributed by atoms with Gasteiger partial charge in [-0.2, -0.15) is 0 Å². The fourth-order valence-corrected chi connectivity index (χ4v) is 2.44. The Morgan fingerprint density at radius 3 is 2.50 bits per heavy atom. The normalized spacial score (nSPS) is 10.4. The number of carbonyl (C=O) groups is 2. The Morgan fingerprint density at radius 1 is 1.08 bits per heavy atom. The predicted molar refractivity (Wildman–Crippen MR) is 97.2 cm³/mol. The highest BCUT2D eigenvalue weighted by molar-refractivity contribution is 6.30. The maximum Gasteiger partial charge on any atom is 0.330 e. The van der Waals surface area contributed by atoms with Crippen LogP contribution in [0.3, 0.4) is 0 Å². The van der Waals surface area contributed by atoms with Crippen molar-refractivity contribution in [3.8, 4) is 0 Å². The van der Waals surface area contributed by atoms with E-state index in [0.29, 0.717) is 16.3 Å². The third-order valence-corrected chi connectivity index (χ3v) is 4.05. The van der Waals surface area contributed by atoms with Gasteiger partial charge in [-0.25, -0.2) is 4.79 Å². The fraction of sp³-hybridized carbons (Fsp3) is 0.294. The molecule has 0 aliphatic heterocycles. The number of halogens is 1. The molecule has 0 saturated heterocycles. The standard InChI is InChI=1S/C17H19ClN4O4/c1-21-13(9-15(24)22(2)17(21)26)10-20-14(23)6-7-19-16(25)11-4-3-5-12(18)8-11/h3-5,8-9H,6-7,10H2,1-2H3,(H,19,25)(H,20,23). The van der Waals surface area contributed by atoms with Gasteiger partial charge in [-0.15, -0.1) is 0 Å². The molecule has 0 aliphatic rings. The van der Waals surface area contributed by atoms with Gasteiger partial charge in [-0.1, -0.05) is 17.7 Å². The molecule has 0 bridgehead atoms. The van der Waals surface area contributed by atoms with E-state index < -0.39 is 11.2 Å². The van der Waals surface area contributed by atoms with Gasteiger partial charge in [0.15, 0.2) is 0 Å². The van der Waals surface area contributed by atoms with Gasteiger partial charge in [0.25, 0.3) is 11.5 Å². The van der Waals surface area contributed by atoms with Gasteiger partial charge in [-0.3, -0.25) is 23.5 Å². The number of rotatable bonds is 6. The zero-order valence-corrected chi connectivity index (χ0v) is 15.2. The van der Waals surface area contributed by atoms with Crippen LogP contribution in [0.2, 0.25) is 5.02 Å². The molecule has 0 spiro atoms. The van der Waals surface area contributed by atoms with Gasteiger partial charge in [0, 0.05) is 49.4 Å². The summed E-state index contributed by atoms with van der Waals surface area (Å²) in [5.41, 5.74) is -0.0934. The molecule has 26 heavy (non-hydrogen) atoms. The van der Waals surface area contributed by atoms with Crippen LogP contribution in [0, 0.1) is 0 Å². The monoisotopic (exact) mass is 378 g/mol. The molecule has 1 heterocycles. The Hall–Kier alpha value is -2.87. The topological polar surface area (TPSA) is 102 Å². The highest BCUT2D eigenvalue weighted by Crippen LogP contribution is 2.10. The van der Waals surface area contributed by atoms with Crippen molar-refractivity contribution in [2.24, 2.45) is 14.1 Å². The van der Waals surface area contributed by atoms with Crippen molar-refractivity contribution in [1.29, 1.82) is 0 Å². The zero-order valence-electron chi connectivity index (χ0n) is 14.4. The first kappa shape index (κ1) is 19.5. The lowest BCUT2D eigenvalue weighted by Crippen LogP contribution is -2.39. The highest BCUT2D eigenvalue weighted by Gasteiger charge is 2.09. The second kappa shape index (κ2) is 8.48. The zero-order chi connectivity index (χ0) is 19.3. The maximum absolute atomic E-state index is 11.9. The molecule has 0 aliphatic carbocycles. The molecule has 0 fully saturated rings. The second-order valence-corrected chi connectivity index (χ2v) is 6.10. The lowest BCUT2D eigenvalue weighted by Gasteiger charge is -2.11. The molecule has 138 valence electrons. The summed E-state index contributed by atoms with van der Waals surface area (Å²) in [7, 11) is 2.91. The van der Waals surface area contributed by atoms with E-state index in [9.17, 15) is 19.2 Å². The molecule has 8 nitrogen and oxygen atoms in total. The van der Waals surface area contributed by atoms with Crippen LogP contribution in [0.1, 0.15) is 22.5 Å². The van der Waals surface area contributed by atoms with Crippen LogP contribution in [-0.4, -0.2) is 27.5 Å². The summed E-state index contributed by atoms with van der Waals surface area (Å²) in [5.74, 6) is -0.640. The van der Waals surface area contributed by atoms with E-state index >= 15 is 0 Å². The second-order valence-electron chi connectivity index (χ2n) is 5.67. The number of aromatic nitrogens is 2. The average Bonchev–Trinajstić information content (AvgIpc) is 2.61. The number of amides is 2. The van der Waals surface area contributed by atoms with E-state index in [1.807, 2.05) is 0 Å². The molecule has 2 N–H and O–H groups in total. The first-order chi connectivity index (χ1) is 12.3. The minimum absolute atomic E-state index is 0.0445. The van der Waals surface area contributed by atoms with E-state index in [1.165, 1.54) is 30.8 Å². The number of benzene rings is 1. The number of hydrogen-bond acceptors (Lipinski definition) is 4. The van der Waals surface area contributed by atoms with E-state index in [1.54, 1.807) is 18.2 Å². The van der Waals surface area contributed by atoms with E-state index in [2.05, 4.69) is 10.6 Å². The Morgan fingerprint density at radius 2 is 1.81 bits per heavy atom. The van der Waals surface area contributed by atoms with Crippen LogP contribution in [0.5, 0.6) is 0 Å². The molecule has 0 atom stereocenters. The van der Waals surface area contributed by atoms with Gasteiger partial charge >= 0.3 is 5.69 Å². The minimum atomic E-state index is -0.462. The largest absolute Gasteiger partial charge is 0.352 e. The van der Waals surface area contributed by atoms with E-state index in [4.69, 9.17) is 11.6 Å². The highest BCUT2D eigenvalue weighted by atomic mass is 35.5. The summed E-state index contributed by atoms with van der Waals surface area (Å²) in [4.78, 5) is 47.3. The predicted octanol–water partition coefficient (Wildman–Crippen LogP) is 0.174. The summed E-state index contributed by atoms with van der Waals surface area (Å²) in [6.07, 6.45) is 0.0606. The van der Waals surface area contributed by atoms with Crippen molar-refractivity contribution < 1.29 is 9.59 Å². The molecule has 0 unspecified atom stereocenters. The molecule has 1 aromatic carbocycles. The summed E-state index contributed by atoms with van der Waals surface area (Å²) in [5, 5.41) is 5.70. The molecule has 2 amide bonds. The molecule has 2 aromatic rings. The lowest BCUT2D eigenvalue weighted by atomic mass is 10.2. The van der Waals surface area contributed by atoms with Crippen molar-refractivity contribution in [3.63, 3.8) is 0 Å². The molecule has 0 radical (unpaired) electrons. The van der Waals surface area contributed by atoms with Crippen molar-refractivity contribution in [1.82, 2.24) is 19.8 Å². The van der Waals surface area contributed by atoms with Crippen LogP contribution in [0.25, 0.3) is 0 Å². The van der Waals surface area contributed by atoms with Crippen LogP contribution in [0.4, 0.5) is 0 Å². The van der Waals surface area contributed by atoms with E-state index in [-0.39, 0.29) is 31.3 Å². The lowest BCUT2D eigenvalue weighted by molar-refractivity contribution is -0.121. The Labute approximate surface area is 154 Å². The van der Waals surface area contributed by atoms with Gasteiger partial charge in [0.1, 0.15) is 0 Å². The third-order valence-electron chi connectivity index (χ3n) is 3.82. The number of carbonyl (C=O) groups excluding carboxylic acids is 2. The van der Waals surface area contributed by atoms with Gasteiger partial charge in [0.05, 0.1) is 6.54 Å². The van der Waals surface area contributed by atoms with Crippen LogP contribution in [0.15, 0.2) is 39.9 Å². The maximum atomic E-state index is 11.9. The molecule has 1 aromatic heterocycles. The van der Waals surface area contributed by atoms with Crippen LogP contribution >= 0.6 is 11.6 Å². The fourth-order valence-electron chi connectivity index (χ4n) is 2.25. The SMILES string of the molecule is Cn1c(CNC(=O)CCNC(=O)c2cccc(Cl)c2)cc(=O)n(C)c1=O. The van der Waals surface area contributed by atoms with Crippen LogP contribution < -0.4 is 21.9 Å². The Balaban J connectivity index is 1.84. The minimum Gasteiger partial charge on any atom is -0.352 e. The van der Waals surface area contributed by atoms with E-state index in [0.717, 1.165) is 4.57 Å². The smallest absolute Gasteiger partial charge is 0.330 e. The molecule has 2 rings (SSSR count). The molecule has 0 saturated carbocycles. The summed E-state index contributed by atoms with van der Waals surface area (Å²) in [6.45, 7) is 0.190. The van der Waals surface area contributed by atoms with Crippen LogP contribution in [-0.2, 0) is 25.4 Å². The summed E-state index contributed by atoms with van der Waals surface area (Å²) in [6, 6.07) is 7.78. The summed E-state index contributed by atoms with van der Waals surface area (Å²) >= 11 is 5.83. The Kier molecular flexibility index (Phi) is 6.35. The molecular formula is C17H19ClN4O4. The molecule has 9 heteroatoms. The van der Waals surface area contributed by atoms with Crippen molar-refractivity contribution >= 4 is 23.4 Å². The van der Waals surface area contributed by atoms with Gasteiger partial charge < -0.3 is 10.6 Å². The number of hydrogen-bond donors (Lipinski definition) is 2. The average molecular weight is 379 g/mol. The number of nitrogens with zero attached hydrogens (tertiary/aromatic N) is 2. The third kappa shape index (κ3) is 4.82. The van der Waals surface area contributed by atoms with Crippen molar-refractivity contribution in [3.05, 3.63) is 67.4 Å². The number of nitrogens with one attached hydrogen (secondary N) is 2. The van der Waals surface area contributed by atoms with Crippen molar-refractivity contribution in [2.75, 3.05) is 6.54 Å². The Bertz CT molecular complexity index is 949. The van der Waals surface area contributed by atoms with Gasteiger partial charge in [-0.05, 0) is 18.2 Å². The van der Waals surface area contributed by atoms with Gasteiger partial charge in [0.2, 0.25) is 5.91 Å². The summed E-state index contributed by atoms with van der Waals surface area (Å²) < 4.78 is 2.28. The first-order valence-corrected chi connectivity index (χ1v) is 8.24.